The molecular weight excluding hydrogens is 408 g/mol. The summed E-state index contributed by atoms with van der Waals surface area (Å²) >= 11 is 0. The molecule has 1 spiro atoms. The van der Waals surface area contributed by atoms with Gasteiger partial charge in [-0.25, -0.2) is 4.79 Å². The third-order valence-corrected chi connectivity index (χ3v) is 6.19. The van der Waals surface area contributed by atoms with Crippen LogP contribution >= 0.6 is 0 Å². The Kier molecular flexibility index (Phi) is 6.32. The molecule has 7 atom stereocenters. The van der Waals surface area contributed by atoms with Crippen molar-refractivity contribution in [2.45, 2.75) is 87.5 Å². The van der Waals surface area contributed by atoms with Gasteiger partial charge in [-0.1, -0.05) is 36.8 Å². The van der Waals surface area contributed by atoms with Gasteiger partial charge in [0.2, 0.25) is 6.10 Å². The first kappa shape index (κ1) is 22.2. The summed E-state index contributed by atoms with van der Waals surface area (Å²) in [5.74, 6) is -2.52. The number of carbonyl (C=O) groups is 2. The fourth-order valence-electron chi connectivity index (χ4n) is 4.67. The van der Waals surface area contributed by atoms with Crippen LogP contribution < -0.4 is 0 Å². The van der Waals surface area contributed by atoms with E-state index in [-0.39, 0.29) is 0 Å². The van der Waals surface area contributed by atoms with Crippen molar-refractivity contribution in [2.75, 3.05) is 0 Å². The SMILES string of the molecule is CC(=O)O[C@H](C(=O)O[C@@H]1[C@@H](O)[C@H](O)[C@@H](O)[C@H]2OC3(CCCCC3)O[C@H]21)c1ccccc1. The zero-order valence-corrected chi connectivity index (χ0v) is 17.3. The van der Waals surface area contributed by atoms with Gasteiger partial charge >= 0.3 is 11.9 Å². The van der Waals surface area contributed by atoms with Gasteiger partial charge in [-0.2, -0.15) is 0 Å². The Morgan fingerprint density at radius 2 is 1.61 bits per heavy atom. The summed E-state index contributed by atoms with van der Waals surface area (Å²) in [4.78, 5) is 24.6. The maximum absolute atomic E-state index is 13.0. The molecule has 1 saturated heterocycles. The molecule has 0 radical (unpaired) electrons. The number of esters is 2. The molecule has 170 valence electrons. The van der Waals surface area contributed by atoms with E-state index in [2.05, 4.69) is 0 Å². The van der Waals surface area contributed by atoms with E-state index in [0.29, 0.717) is 18.4 Å². The van der Waals surface area contributed by atoms with E-state index in [9.17, 15) is 24.9 Å². The molecule has 31 heavy (non-hydrogen) atoms. The predicted molar refractivity (Wildman–Crippen MR) is 104 cm³/mol. The van der Waals surface area contributed by atoms with E-state index in [1.54, 1.807) is 30.3 Å². The number of hydrogen-bond acceptors (Lipinski definition) is 9. The third-order valence-electron chi connectivity index (χ3n) is 6.19. The van der Waals surface area contributed by atoms with Crippen LogP contribution in [0.15, 0.2) is 30.3 Å². The predicted octanol–water partition coefficient (Wildman–Crippen LogP) is 0.743. The van der Waals surface area contributed by atoms with E-state index in [4.69, 9.17) is 18.9 Å². The maximum Gasteiger partial charge on any atom is 0.352 e. The minimum absolute atomic E-state index is 0.400. The zero-order chi connectivity index (χ0) is 22.2. The van der Waals surface area contributed by atoms with Gasteiger partial charge in [-0.15, -0.1) is 0 Å². The number of rotatable bonds is 4. The van der Waals surface area contributed by atoms with Crippen LogP contribution in [0.2, 0.25) is 0 Å². The Balaban J connectivity index is 1.57. The molecule has 1 aromatic rings. The first-order valence-corrected chi connectivity index (χ1v) is 10.6. The minimum atomic E-state index is -1.60. The van der Waals surface area contributed by atoms with E-state index in [1.165, 1.54) is 6.92 Å². The lowest BCUT2D eigenvalue weighted by Crippen LogP contribution is -2.63. The molecule has 0 aromatic heterocycles. The monoisotopic (exact) mass is 436 g/mol. The third kappa shape index (κ3) is 4.33. The molecule has 0 unspecified atom stereocenters. The van der Waals surface area contributed by atoms with E-state index in [0.717, 1.165) is 19.3 Å². The van der Waals surface area contributed by atoms with Crippen LogP contribution in [0.4, 0.5) is 0 Å². The number of ether oxygens (including phenoxy) is 4. The second-order valence-electron chi connectivity index (χ2n) is 8.41. The van der Waals surface area contributed by atoms with Crippen molar-refractivity contribution in [3.05, 3.63) is 35.9 Å². The van der Waals surface area contributed by atoms with E-state index in [1.807, 2.05) is 0 Å². The second kappa shape index (κ2) is 8.84. The summed E-state index contributed by atoms with van der Waals surface area (Å²) in [6, 6.07) is 8.34. The summed E-state index contributed by atoms with van der Waals surface area (Å²) < 4.78 is 22.9. The molecule has 1 heterocycles. The highest BCUT2D eigenvalue weighted by atomic mass is 16.8. The van der Waals surface area contributed by atoms with Gasteiger partial charge in [0.25, 0.3) is 0 Å². The molecule has 9 heteroatoms. The van der Waals surface area contributed by atoms with Crippen LogP contribution in [0.1, 0.15) is 50.7 Å². The lowest BCUT2D eigenvalue weighted by Gasteiger charge is -2.40. The smallest absolute Gasteiger partial charge is 0.352 e. The summed E-state index contributed by atoms with van der Waals surface area (Å²) in [5, 5.41) is 31.4. The van der Waals surface area contributed by atoms with Crippen LogP contribution in [-0.2, 0) is 28.5 Å². The molecule has 3 N–H and O–H groups in total. The highest BCUT2D eigenvalue weighted by Gasteiger charge is 2.61. The Morgan fingerprint density at radius 3 is 2.26 bits per heavy atom. The number of hydrogen-bond donors (Lipinski definition) is 3. The first-order chi connectivity index (χ1) is 14.8. The number of aliphatic hydroxyl groups is 3. The zero-order valence-electron chi connectivity index (χ0n) is 17.3. The van der Waals surface area contributed by atoms with Crippen LogP contribution in [0.5, 0.6) is 0 Å². The fourth-order valence-corrected chi connectivity index (χ4v) is 4.67. The number of fused-ring (bicyclic) bond motifs is 1. The average Bonchev–Trinajstić information content (AvgIpc) is 3.13. The molecule has 0 amide bonds. The molecule has 4 rings (SSSR count). The Morgan fingerprint density at radius 1 is 0.968 bits per heavy atom. The normalized spacial score (nSPS) is 35.2. The molecular formula is C22H28O9. The lowest BCUT2D eigenvalue weighted by atomic mass is 9.85. The standard InChI is InChI=1S/C22H28O9/c1-12(23)28-17(13-8-4-2-5-9-13)21(27)29-18-15(25)14(24)16(26)19-20(18)31-22(30-19)10-6-3-7-11-22/h2,4-5,8-9,14-20,24-26H,3,6-7,10-11H2,1H3/t14-,15-,16+,17-,18+,19+,20-/m0/s1. The average molecular weight is 436 g/mol. The number of benzene rings is 1. The van der Waals surface area contributed by atoms with Gasteiger partial charge in [0.15, 0.2) is 11.9 Å². The van der Waals surface area contributed by atoms with Gasteiger partial charge in [0, 0.05) is 25.3 Å². The van der Waals surface area contributed by atoms with Crippen LogP contribution in [0.3, 0.4) is 0 Å². The maximum atomic E-state index is 13.0. The highest BCUT2D eigenvalue weighted by Crippen LogP contribution is 2.45. The molecule has 2 saturated carbocycles. The van der Waals surface area contributed by atoms with Crippen molar-refractivity contribution in [3.8, 4) is 0 Å². The van der Waals surface area contributed by atoms with Crippen molar-refractivity contribution in [1.29, 1.82) is 0 Å². The van der Waals surface area contributed by atoms with Gasteiger partial charge < -0.3 is 34.3 Å². The van der Waals surface area contributed by atoms with Crippen LogP contribution in [0.25, 0.3) is 0 Å². The molecule has 0 bridgehead atoms. The molecule has 1 aliphatic heterocycles. The van der Waals surface area contributed by atoms with E-state index < -0.39 is 60.5 Å². The van der Waals surface area contributed by atoms with Crippen molar-refractivity contribution in [2.24, 2.45) is 0 Å². The Bertz CT molecular complexity index is 791. The van der Waals surface area contributed by atoms with Gasteiger partial charge in [0.1, 0.15) is 30.5 Å². The quantitative estimate of drug-likeness (QED) is 0.585. The first-order valence-electron chi connectivity index (χ1n) is 10.6. The second-order valence-corrected chi connectivity index (χ2v) is 8.41. The van der Waals surface area contributed by atoms with Gasteiger partial charge in [0.05, 0.1) is 0 Å². The largest absolute Gasteiger partial charge is 0.454 e. The van der Waals surface area contributed by atoms with E-state index >= 15 is 0 Å². The van der Waals surface area contributed by atoms with Crippen molar-refractivity contribution in [1.82, 2.24) is 0 Å². The van der Waals surface area contributed by atoms with Gasteiger partial charge in [-0.05, 0) is 12.8 Å². The molecule has 9 nitrogen and oxygen atoms in total. The molecule has 1 aromatic carbocycles. The van der Waals surface area contributed by atoms with Crippen molar-refractivity contribution in [3.63, 3.8) is 0 Å². The Labute approximate surface area is 179 Å². The summed E-state index contributed by atoms with van der Waals surface area (Å²) in [6.07, 6.45) is -5.14. The summed E-state index contributed by atoms with van der Waals surface area (Å²) in [6.45, 7) is 1.18. The van der Waals surface area contributed by atoms with Crippen molar-refractivity contribution < 1.29 is 43.9 Å². The Hall–Kier alpha value is -2.04. The number of aliphatic hydroxyl groups excluding tert-OH is 3. The lowest BCUT2D eigenvalue weighted by molar-refractivity contribution is -0.218. The summed E-state index contributed by atoms with van der Waals surface area (Å²) in [5.41, 5.74) is 0.400. The van der Waals surface area contributed by atoms with Gasteiger partial charge in [-0.3, -0.25) is 4.79 Å². The highest BCUT2D eigenvalue weighted by molar-refractivity contribution is 5.80. The molecule has 3 fully saturated rings. The fraction of sp³-hybridized carbons (Fsp3) is 0.636. The van der Waals surface area contributed by atoms with Crippen LogP contribution in [-0.4, -0.2) is 69.7 Å². The molecule has 3 aliphatic rings. The molecule has 2 aliphatic carbocycles. The van der Waals surface area contributed by atoms with Crippen LogP contribution in [0, 0.1) is 0 Å². The number of carbonyl (C=O) groups excluding carboxylic acids is 2. The minimum Gasteiger partial charge on any atom is -0.454 e. The van der Waals surface area contributed by atoms with Crippen molar-refractivity contribution >= 4 is 11.9 Å². The topological polar surface area (TPSA) is 132 Å². The summed E-state index contributed by atoms with van der Waals surface area (Å²) in [7, 11) is 0.